The lowest BCUT2D eigenvalue weighted by Crippen LogP contribution is -2.34. The van der Waals surface area contributed by atoms with Crippen LogP contribution >= 0.6 is 0 Å². The fourth-order valence-corrected chi connectivity index (χ4v) is 2.70. The Morgan fingerprint density at radius 3 is 2.56 bits per heavy atom. The average molecular weight is 374 g/mol. The second-order valence-electron chi connectivity index (χ2n) is 6.47. The zero-order valence-corrected chi connectivity index (χ0v) is 16.1. The monoisotopic (exact) mass is 374 g/mol. The molecule has 0 saturated carbocycles. The number of nitrogens with zero attached hydrogens (tertiary/aromatic N) is 1. The first-order valence-electron chi connectivity index (χ1n) is 8.95. The molecule has 27 heavy (non-hydrogen) atoms. The minimum absolute atomic E-state index is 0.0209. The third-order valence-electron chi connectivity index (χ3n) is 4.23. The number of carbonyl (C=O) groups excluding carboxylic acids is 1. The first kappa shape index (κ1) is 20.7. The van der Waals surface area contributed by atoms with E-state index in [4.69, 9.17) is 9.47 Å². The Morgan fingerprint density at radius 2 is 1.89 bits per heavy atom. The van der Waals surface area contributed by atoms with Crippen LogP contribution in [0.3, 0.4) is 0 Å². The molecule has 1 amide bonds. The maximum absolute atomic E-state index is 12.8. The Hall–Kier alpha value is -2.60. The summed E-state index contributed by atoms with van der Waals surface area (Å²) in [5.74, 6) is 1.08. The van der Waals surface area contributed by atoms with Crippen LogP contribution in [0.1, 0.15) is 24.4 Å². The topological polar surface area (TPSA) is 50.8 Å². The largest absolute Gasteiger partial charge is 0.497 e. The summed E-state index contributed by atoms with van der Waals surface area (Å²) in [4.78, 5) is 14.2. The molecule has 1 atom stereocenters. The highest BCUT2D eigenvalue weighted by molar-refractivity contribution is 5.75. The van der Waals surface area contributed by atoms with Crippen LogP contribution in [0.4, 0.5) is 4.39 Å². The third kappa shape index (κ3) is 6.90. The number of carbonyl (C=O) groups is 1. The highest BCUT2D eigenvalue weighted by Crippen LogP contribution is 2.22. The van der Waals surface area contributed by atoms with Gasteiger partial charge in [0.05, 0.1) is 19.8 Å². The van der Waals surface area contributed by atoms with Crippen LogP contribution in [-0.2, 0) is 4.79 Å². The van der Waals surface area contributed by atoms with Gasteiger partial charge >= 0.3 is 0 Å². The van der Waals surface area contributed by atoms with Crippen LogP contribution in [0.25, 0.3) is 0 Å². The van der Waals surface area contributed by atoms with Gasteiger partial charge in [0.2, 0.25) is 5.91 Å². The van der Waals surface area contributed by atoms with Crippen LogP contribution in [0.15, 0.2) is 48.5 Å². The van der Waals surface area contributed by atoms with Gasteiger partial charge in [-0.15, -0.1) is 0 Å². The Morgan fingerprint density at radius 1 is 1.15 bits per heavy atom. The van der Waals surface area contributed by atoms with Crippen LogP contribution < -0.4 is 14.8 Å². The van der Waals surface area contributed by atoms with Gasteiger partial charge in [0, 0.05) is 13.0 Å². The van der Waals surface area contributed by atoms with Gasteiger partial charge in [-0.2, -0.15) is 0 Å². The van der Waals surface area contributed by atoms with E-state index in [1.807, 2.05) is 38.4 Å². The summed E-state index contributed by atoms with van der Waals surface area (Å²) in [6.45, 7) is 0.921. The fraction of sp³-hybridized carbons (Fsp3) is 0.381. The molecular weight excluding hydrogens is 347 g/mol. The fourth-order valence-electron chi connectivity index (χ4n) is 2.70. The molecule has 0 aliphatic carbocycles. The first-order chi connectivity index (χ1) is 13.0. The summed E-state index contributed by atoms with van der Waals surface area (Å²) in [7, 11) is 5.60. The van der Waals surface area contributed by atoms with Gasteiger partial charge in [-0.1, -0.05) is 12.1 Å². The lowest BCUT2D eigenvalue weighted by atomic mass is 10.1. The quantitative estimate of drug-likeness (QED) is 0.648. The maximum Gasteiger partial charge on any atom is 0.220 e. The Bertz CT molecular complexity index is 720. The summed E-state index contributed by atoms with van der Waals surface area (Å²) < 4.78 is 23.6. The number of likely N-dealkylation sites (N-methyl/N-ethyl adjacent to an activating group) is 1. The molecule has 0 aliphatic heterocycles. The number of ether oxygens (including phenoxy) is 2. The number of rotatable bonds is 10. The van der Waals surface area contributed by atoms with Crippen LogP contribution in [0.2, 0.25) is 0 Å². The van der Waals surface area contributed by atoms with Crippen LogP contribution in [0, 0.1) is 5.82 Å². The number of benzene rings is 2. The van der Waals surface area contributed by atoms with Crippen molar-refractivity contribution in [1.29, 1.82) is 0 Å². The van der Waals surface area contributed by atoms with Gasteiger partial charge in [0.15, 0.2) is 0 Å². The van der Waals surface area contributed by atoms with Crippen molar-refractivity contribution in [2.24, 2.45) is 0 Å². The van der Waals surface area contributed by atoms with Crippen molar-refractivity contribution in [2.45, 2.75) is 18.9 Å². The Labute approximate surface area is 160 Å². The minimum Gasteiger partial charge on any atom is -0.497 e. The van der Waals surface area contributed by atoms with E-state index >= 15 is 0 Å². The van der Waals surface area contributed by atoms with E-state index in [1.54, 1.807) is 19.2 Å². The molecule has 1 unspecified atom stereocenters. The molecule has 2 aromatic carbocycles. The van der Waals surface area contributed by atoms with E-state index in [9.17, 15) is 9.18 Å². The van der Waals surface area contributed by atoms with Gasteiger partial charge in [0.25, 0.3) is 0 Å². The number of hydrogen-bond acceptors (Lipinski definition) is 4. The van der Waals surface area contributed by atoms with Crippen molar-refractivity contribution >= 4 is 5.91 Å². The van der Waals surface area contributed by atoms with E-state index in [2.05, 4.69) is 10.2 Å². The second kappa shape index (κ2) is 10.5. The Kier molecular flexibility index (Phi) is 8.07. The van der Waals surface area contributed by atoms with Crippen molar-refractivity contribution in [1.82, 2.24) is 10.2 Å². The van der Waals surface area contributed by atoms with Gasteiger partial charge < -0.3 is 19.7 Å². The van der Waals surface area contributed by atoms with E-state index in [0.29, 0.717) is 31.7 Å². The molecule has 0 bridgehead atoms. The zero-order valence-electron chi connectivity index (χ0n) is 16.1. The molecule has 5 nitrogen and oxygen atoms in total. The van der Waals surface area contributed by atoms with Gasteiger partial charge in [-0.05, 0) is 62.5 Å². The molecule has 0 aliphatic rings. The zero-order chi connectivity index (χ0) is 19.6. The number of hydrogen-bond donors (Lipinski definition) is 1. The highest BCUT2D eigenvalue weighted by Gasteiger charge is 2.16. The third-order valence-corrected chi connectivity index (χ3v) is 4.23. The summed E-state index contributed by atoms with van der Waals surface area (Å²) in [5, 5.41) is 2.98. The molecule has 0 aromatic heterocycles. The highest BCUT2D eigenvalue weighted by atomic mass is 19.1. The van der Waals surface area contributed by atoms with Crippen molar-refractivity contribution in [3.63, 3.8) is 0 Å². The van der Waals surface area contributed by atoms with Crippen molar-refractivity contribution in [3.05, 3.63) is 59.9 Å². The molecule has 0 heterocycles. The minimum atomic E-state index is -0.298. The van der Waals surface area contributed by atoms with E-state index in [1.165, 1.54) is 12.1 Å². The normalized spacial score (nSPS) is 11.9. The summed E-state index contributed by atoms with van der Waals surface area (Å²) >= 11 is 0. The van der Waals surface area contributed by atoms with E-state index < -0.39 is 0 Å². The van der Waals surface area contributed by atoms with Crippen LogP contribution in [0.5, 0.6) is 11.5 Å². The molecule has 1 N–H and O–H groups in total. The lowest BCUT2D eigenvalue weighted by Gasteiger charge is -2.25. The molecular formula is C21H27FN2O3. The standard InChI is InChI=1S/C21H27FN2O3/c1-24(2)20(16-6-4-7-19(14-16)26-3)15-23-21(25)8-5-13-27-18-11-9-17(22)10-12-18/h4,6-7,9-12,14,20H,5,8,13,15H2,1-3H3,(H,23,25). The van der Waals surface area contributed by atoms with E-state index in [0.717, 1.165) is 11.3 Å². The van der Waals surface area contributed by atoms with Crippen molar-refractivity contribution in [3.8, 4) is 11.5 Å². The van der Waals surface area contributed by atoms with Gasteiger partial charge in [-0.25, -0.2) is 4.39 Å². The predicted octanol–water partition coefficient (Wildman–Crippen LogP) is 3.41. The molecule has 0 fully saturated rings. The average Bonchev–Trinajstić information content (AvgIpc) is 2.66. The SMILES string of the molecule is COc1cccc(C(CNC(=O)CCCOc2ccc(F)cc2)N(C)C)c1. The van der Waals surface area contributed by atoms with Crippen LogP contribution in [-0.4, -0.2) is 45.2 Å². The molecule has 2 rings (SSSR count). The molecule has 0 spiro atoms. The predicted molar refractivity (Wildman–Crippen MR) is 104 cm³/mol. The second-order valence-corrected chi connectivity index (χ2v) is 6.47. The number of methoxy groups -OCH3 is 1. The molecule has 146 valence electrons. The van der Waals surface area contributed by atoms with Gasteiger partial charge in [-0.3, -0.25) is 4.79 Å². The molecule has 6 heteroatoms. The number of nitrogens with one attached hydrogen (secondary N) is 1. The van der Waals surface area contributed by atoms with Crippen molar-refractivity contribution in [2.75, 3.05) is 34.4 Å². The number of halogens is 1. The molecule has 0 saturated heterocycles. The number of amides is 1. The lowest BCUT2D eigenvalue weighted by molar-refractivity contribution is -0.121. The molecule has 0 radical (unpaired) electrons. The van der Waals surface area contributed by atoms with E-state index in [-0.39, 0.29) is 17.8 Å². The Balaban J connectivity index is 1.75. The summed E-state index contributed by atoms with van der Waals surface area (Å²) in [6, 6.07) is 13.7. The smallest absolute Gasteiger partial charge is 0.220 e. The summed E-state index contributed by atoms with van der Waals surface area (Å²) in [5.41, 5.74) is 1.08. The van der Waals surface area contributed by atoms with Gasteiger partial charge in [0.1, 0.15) is 17.3 Å². The maximum atomic E-state index is 12.8. The van der Waals surface area contributed by atoms with Crippen molar-refractivity contribution < 1.29 is 18.7 Å². The molecule has 2 aromatic rings. The summed E-state index contributed by atoms with van der Waals surface area (Å²) in [6.07, 6.45) is 0.967. The first-order valence-corrected chi connectivity index (χ1v) is 8.95.